The molecule has 0 aliphatic heterocycles. The molecule has 14 rings (SSSR count). The molecular formula is C59H37N4OP. The maximum atomic E-state index is 6.23. The maximum absolute atomic E-state index is 6.23. The lowest BCUT2D eigenvalue weighted by Crippen LogP contribution is -2.20. The molecule has 0 bridgehead atoms. The van der Waals surface area contributed by atoms with Crippen LogP contribution in [0.1, 0.15) is 0 Å². The largest absolute Gasteiger partial charge is 0.456 e. The second-order valence-corrected chi connectivity index (χ2v) is 19.0. The zero-order valence-electron chi connectivity index (χ0n) is 35.0. The summed E-state index contributed by atoms with van der Waals surface area (Å²) >= 11 is 0. The van der Waals surface area contributed by atoms with Crippen LogP contribution in [0.25, 0.3) is 105 Å². The zero-order valence-corrected chi connectivity index (χ0v) is 35.9. The number of furan rings is 1. The fourth-order valence-corrected chi connectivity index (χ4v) is 12.8. The Labute approximate surface area is 374 Å². The van der Waals surface area contributed by atoms with Crippen LogP contribution >= 0.6 is 7.92 Å². The third-order valence-electron chi connectivity index (χ3n) is 13.2. The Morgan fingerprint density at radius 1 is 0.308 bits per heavy atom. The van der Waals surface area contributed by atoms with E-state index in [1.165, 1.54) is 53.9 Å². The van der Waals surface area contributed by atoms with Gasteiger partial charge in [0.2, 0.25) is 0 Å². The molecule has 14 aromatic rings. The lowest BCUT2D eigenvalue weighted by Gasteiger charge is -2.20. The van der Waals surface area contributed by atoms with Crippen LogP contribution in [-0.4, -0.2) is 18.7 Å². The van der Waals surface area contributed by atoms with Crippen LogP contribution in [-0.2, 0) is 0 Å². The molecule has 5 heterocycles. The molecule has 65 heavy (non-hydrogen) atoms. The number of hydrogen-bond acceptors (Lipinski definition) is 2. The standard InChI is InChI=1S/C59H37N4OP/c1-3-15-38(16-4-1)63-54-25-13-9-21-46(54)51-34-40(37-60-59(51)63)62-53-24-12-8-20-45(53)49-36-43(29-31-56(49)62)65(41-17-5-2-6-18-41)42-28-30-55-48(35-42)44-19-7-11-23-52(44)61(55)39-27-32-58-50(33-39)47-22-10-14-26-57(47)64-58/h1-37H. The van der Waals surface area contributed by atoms with Crippen molar-refractivity contribution in [1.82, 2.24) is 18.7 Å². The van der Waals surface area contributed by atoms with Crippen LogP contribution in [0.3, 0.4) is 0 Å². The van der Waals surface area contributed by atoms with Crippen molar-refractivity contribution in [2.24, 2.45) is 0 Å². The molecule has 0 N–H and O–H groups in total. The number of aromatic nitrogens is 4. The summed E-state index contributed by atoms with van der Waals surface area (Å²) in [5.74, 6) is 0. The second-order valence-electron chi connectivity index (χ2n) is 16.8. The van der Waals surface area contributed by atoms with Gasteiger partial charge in [0, 0.05) is 54.5 Å². The van der Waals surface area contributed by atoms with Gasteiger partial charge >= 0.3 is 0 Å². The molecule has 0 saturated carbocycles. The lowest BCUT2D eigenvalue weighted by molar-refractivity contribution is 0.669. The minimum absolute atomic E-state index is 0.900. The number of benzene rings is 9. The molecule has 0 radical (unpaired) electrons. The fourth-order valence-electron chi connectivity index (χ4n) is 10.4. The van der Waals surface area contributed by atoms with Crippen LogP contribution in [0.2, 0.25) is 0 Å². The number of nitrogens with zero attached hydrogens (tertiary/aromatic N) is 4. The maximum Gasteiger partial charge on any atom is 0.145 e. The monoisotopic (exact) mass is 848 g/mol. The predicted octanol–water partition coefficient (Wildman–Crippen LogP) is 14.0. The summed E-state index contributed by atoms with van der Waals surface area (Å²) in [5.41, 5.74) is 11.8. The van der Waals surface area contributed by atoms with E-state index in [1.807, 2.05) is 18.3 Å². The Morgan fingerprint density at radius 2 is 0.800 bits per heavy atom. The molecule has 5 aromatic heterocycles. The van der Waals surface area contributed by atoms with Crippen LogP contribution < -0.4 is 15.9 Å². The summed E-state index contributed by atoms with van der Waals surface area (Å²) in [6, 6.07) is 79.3. The molecule has 1 atom stereocenters. The number of hydrogen-bond donors (Lipinski definition) is 0. The van der Waals surface area contributed by atoms with Gasteiger partial charge in [-0.1, -0.05) is 133 Å². The van der Waals surface area contributed by atoms with E-state index >= 15 is 0 Å². The highest BCUT2D eigenvalue weighted by atomic mass is 31.1. The van der Waals surface area contributed by atoms with Gasteiger partial charge in [0.1, 0.15) is 16.8 Å². The third kappa shape index (κ3) is 5.46. The van der Waals surface area contributed by atoms with E-state index < -0.39 is 7.92 Å². The number of pyridine rings is 1. The van der Waals surface area contributed by atoms with Crippen LogP contribution in [0.4, 0.5) is 0 Å². The predicted molar refractivity (Wildman–Crippen MR) is 273 cm³/mol. The van der Waals surface area contributed by atoms with E-state index in [-0.39, 0.29) is 0 Å². The fraction of sp³-hybridized carbons (Fsp3) is 0. The zero-order chi connectivity index (χ0) is 42.6. The Hall–Kier alpha value is -8.24. The Balaban J connectivity index is 0.943. The number of fused-ring (bicyclic) bond motifs is 12. The normalized spacial score (nSPS) is 12.6. The summed E-state index contributed by atoms with van der Waals surface area (Å²) < 4.78 is 13.3. The van der Waals surface area contributed by atoms with Gasteiger partial charge < -0.3 is 13.6 Å². The quantitative estimate of drug-likeness (QED) is 0.156. The minimum atomic E-state index is -0.939. The van der Waals surface area contributed by atoms with Gasteiger partial charge in [-0.05, 0) is 109 Å². The first-order valence-electron chi connectivity index (χ1n) is 22.0. The van der Waals surface area contributed by atoms with Gasteiger partial charge in [0.05, 0.1) is 39.5 Å². The van der Waals surface area contributed by atoms with Gasteiger partial charge in [0.15, 0.2) is 0 Å². The van der Waals surface area contributed by atoms with Crippen LogP contribution in [0, 0.1) is 0 Å². The molecule has 0 saturated heterocycles. The van der Waals surface area contributed by atoms with E-state index in [9.17, 15) is 0 Å². The smallest absolute Gasteiger partial charge is 0.145 e. The van der Waals surface area contributed by atoms with E-state index in [2.05, 4.69) is 220 Å². The molecule has 304 valence electrons. The van der Waals surface area contributed by atoms with Crippen molar-refractivity contribution in [3.05, 3.63) is 225 Å². The molecule has 5 nitrogen and oxygen atoms in total. The molecule has 9 aromatic carbocycles. The highest BCUT2D eigenvalue weighted by Gasteiger charge is 2.23. The molecule has 0 amide bonds. The number of rotatable bonds is 6. The van der Waals surface area contributed by atoms with E-state index in [4.69, 9.17) is 9.40 Å². The average molecular weight is 849 g/mol. The van der Waals surface area contributed by atoms with Crippen LogP contribution in [0.5, 0.6) is 0 Å². The highest BCUT2D eigenvalue weighted by molar-refractivity contribution is 7.79. The Morgan fingerprint density at radius 3 is 1.46 bits per heavy atom. The Bertz CT molecular complexity index is 4200. The van der Waals surface area contributed by atoms with Crippen molar-refractivity contribution in [3.8, 4) is 17.1 Å². The lowest BCUT2D eigenvalue weighted by atomic mass is 10.1. The Kier molecular flexibility index (Phi) is 7.89. The highest BCUT2D eigenvalue weighted by Crippen LogP contribution is 2.41. The average Bonchev–Trinajstić information content (AvgIpc) is 4.10. The van der Waals surface area contributed by atoms with E-state index in [1.54, 1.807) is 0 Å². The molecule has 1 unspecified atom stereocenters. The minimum Gasteiger partial charge on any atom is -0.456 e. The van der Waals surface area contributed by atoms with Gasteiger partial charge in [-0.25, -0.2) is 4.98 Å². The SMILES string of the molecule is c1ccc(-n2c3ccccc3c3cc(-n4c5ccccc5c5cc(P(c6ccccc6)c6ccc7c(c6)c6ccccc6n7-c6ccc7oc8ccccc8c7c6)ccc54)cnc32)cc1. The van der Waals surface area contributed by atoms with Crippen molar-refractivity contribution >= 4 is 111 Å². The first-order chi connectivity index (χ1) is 32.2. The van der Waals surface area contributed by atoms with E-state index in [0.717, 1.165) is 66.6 Å². The summed E-state index contributed by atoms with van der Waals surface area (Å²) in [7, 11) is -0.939. The summed E-state index contributed by atoms with van der Waals surface area (Å²) in [6.07, 6.45) is 2.04. The topological polar surface area (TPSA) is 40.8 Å². The third-order valence-corrected chi connectivity index (χ3v) is 15.6. The van der Waals surface area contributed by atoms with Crippen molar-refractivity contribution in [1.29, 1.82) is 0 Å². The van der Waals surface area contributed by atoms with Gasteiger partial charge in [-0.15, -0.1) is 0 Å². The van der Waals surface area contributed by atoms with Crippen LogP contribution in [0.15, 0.2) is 229 Å². The molecule has 0 fully saturated rings. The summed E-state index contributed by atoms with van der Waals surface area (Å²) in [5, 5.41) is 13.4. The summed E-state index contributed by atoms with van der Waals surface area (Å²) in [4.78, 5) is 5.22. The molecule has 6 heteroatoms. The van der Waals surface area contributed by atoms with E-state index in [0.29, 0.717) is 0 Å². The number of para-hydroxylation sites is 5. The van der Waals surface area contributed by atoms with Crippen molar-refractivity contribution < 1.29 is 4.42 Å². The molecule has 0 spiro atoms. The summed E-state index contributed by atoms with van der Waals surface area (Å²) in [6.45, 7) is 0. The van der Waals surface area contributed by atoms with Crippen molar-refractivity contribution in [3.63, 3.8) is 0 Å². The van der Waals surface area contributed by atoms with Crippen molar-refractivity contribution in [2.45, 2.75) is 0 Å². The molecule has 0 aliphatic rings. The first kappa shape index (κ1) is 36.3. The second kappa shape index (κ2) is 14.1. The van der Waals surface area contributed by atoms with Gasteiger partial charge in [-0.3, -0.25) is 4.57 Å². The van der Waals surface area contributed by atoms with Crippen molar-refractivity contribution in [2.75, 3.05) is 0 Å². The molecule has 0 aliphatic carbocycles. The van der Waals surface area contributed by atoms with Gasteiger partial charge in [0.25, 0.3) is 0 Å². The first-order valence-corrected chi connectivity index (χ1v) is 23.4. The molecular weight excluding hydrogens is 812 g/mol. The van der Waals surface area contributed by atoms with Gasteiger partial charge in [-0.2, -0.15) is 0 Å².